The molecule has 0 saturated heterocycles. The van der Waals surface area contributed by atoms with Crippen molar-refractivity contribution in [2.45, 2.75) is 13.1 Å². The molecular formula is C22H17ClFN3O. The second kappa shape index (κ2) is 7.82. The molecule has 0 spiro atoms. The Labute approximate surface area is 166 Å². The summed E-state index contributed by atoms with van der Waals surface area (Å²) in [5.74, 6) is -0.560. The Morgan fingerprint density at radius 2 is 1.86 bits per heavy atom. The van der Waals surface area contributed by atoms with Gasteiger partial charge < -0.3 is 9.88 Å². The van der Waals surface area contributed by atoms with Gasteiger partial charge in [-0.05, 0) is 59.7 Å². The molecule has 140 valence electrons. The van der Waals surface area contributed by atoms with Gasteiger partial charge >= 0.3 is 0 Å². The van der Waals surface area contributed by atoms with Crippen molar-refractivity contribution in [2.75, 3.05) is 0 Å². The van der Waals surface area contributed by atoms with Gasteiger partial charge in [0, 0.05) is 48.1 Å². The summed E-state index contributed by atoms with van der Waals surface area (Å²) in [4.78, 5) is 16.4. The van der Waals surface area contributed by atoms with Crippen molar-refractivity contribution in [1.29, 1.82) is 0 Å². The maximum Gasteiger partial charge on any atom is 0.251 e. The third-order valence-electron chi connectivity index (χ3n) is 4.57. The summed E-state index contributed by atoms with van der Waals surface area (Å²) in [6, 6.07) is 16.0. The number of rotatable bonds is 5. The highest BCUT2D eigenvalue weighted by atomic mass is 35.5. The van der Waals surface area contributed by atoms with E-state index in [0.717, 1.165) is 22.0 Å². The molecule has 4 nitrogen and oxygen atoms in total. The van der Waals surface area contributed by atoms with Crippen molar-refractivity contribution in [3.63, 3.8) is 0 Å². The molecule has 1 N–H and O–H groups in total. The molecule has 4 aromatic rings. The molecule has 0 aliphatic rings. The van der Waals surface area contributed by atoms with Gasteiger partial charge in [0.1, 0.15) is 5.82 Å². The number of nitrogens with zero attached hydrogens (tertiary/aromatic N) is 2. The van der Waals surface area contributed by atoms with E-state index in [1.54, 1.807) is 30.6 Å². The van der Waals surface area contributed by atoms with Gasteiger partial charge in [0.15, 0.2) is 0 Å². The standard InChI is InChI=1S/C22H17ClFN3O/c23-19-3-1-16(11-20(19)24)14-27-10-7-17-12-18(2-4-21(17)27)22(28)26-13-15-5-8-25-9-6-15/h1-12H,13-14H2,(H,26,28). The summed E-state index contributed by atoms with van der Waals surface area (Å²) >= 11 is 5.75. The highest BCUT2D eigenvalue weighted by Crippen LogP contribution is 2.21. The van der Waals surface area contributed by atoms with Gasteiger partial charge in [0.2, 0.25) is 0 Å². The molecule has 2 aromatic heterocycles. The molecule has 0 aliphatic heterocycles. The monoisotopic (exact) mass is 393 g/mol. The van der Waals surface area contributed by atoms with Crippen molar-refractivity contribution in [2.24, 2.45) is 0 Å². The predicted molar refractivity (Wildman–Crippen MR) is 108 cm³/mol. The number of fused-ring (bicyclic) bond motifs is 1. The number of nitrogens with one attached hydrogen (secondary N) is 1. The zero-order valence-electron chi connectivity index (χ0n) is 14.9. The molecule has 4 rings (SSSR count). The number of halogens is 2. The molecule has 0 fully saturated rings. The molecule has 0 atom stereocenters. The number of amides is 1. The van der Waals surface area contributed by atoms with E-state index < -0.39 is 5.82 Å². The van der Waals surface area contributed by atoms with Crippen molar-refractivity contribution in [1.82, 2.24) is 14.9 Å². The Hall–Kier alpha value is -3.18. The fraction of sp³-hybridized carbons (Fsp3) is 0.0909. The molecule has 28 heavy (non-hydrogen) atoms. The van der Waals surface area contributed by atoms with Gasteiger partial charge in [0.05, 0.1) is 5.02 Å². The summed E-state index contributed by atoms with van der Waals surface area (Å²) in [7, 11) is 0. The maximum atomic E-state index is 13.7. The van der Waals surface area contributed by atoms with E-state index in [4.69, 9.17) is 11.6 Å². The van der Waals surface area contributed by atoms with Crippen LogP contribution >= 0.6 is 11.6 Å². The smallest absolute Gasteiger partial charge is 0.251 e. The number of hydrogen-bond acceptors (Lipinski definition) is 2. The summed E-state index contributed by atoms with van der Waals surface area (Å²) < 4.78 is 15.7. The first-order valence-electron chi connectivity index (χ1n) is 8.80. The molecule has 0 unspecified atom stereocenters. The average molecular weight is 394 g/mol. The van der Waals surface area contributed by atoms with Crippen LogP contribution in [0, 0.1) is 5.82 Å². The van der Waals surface area contributed by atoms with Gasteiger partial charge in [-0.15, -0.1) is 0 Å². The van der Waals surface area contributed by atoms with E-state index in [9.17, 15) is 9.18 Å². The van der Waals surface area contributed by atoms with Crippen molar-refractivity contribution >= 4 is 28.4 Å². The van der Waals surface area contributed by atoms with E-state index in [1.165, 1.54) is 6.07 Å². The lowest BCUT2D eigenvalue weighted by molar-refractivity contribution is 0.0951. The fourth-order valence-corrected chi connectivity index (χ4v) is 3.22. The van der Waals surface area contributed by atoms with Crippen LogP contribution in [-0.2, 0) is 13.1 Å². The molecule has 0 saturated carbocycles. The van der Waals surface area contributed by atoms with Crippen molar-refractivity contribution in [3.05, 3.63) is 101 Å². The van der Waals surface area contributed by atoms with Gasteiger partial charge in [-0.2, -0.15) is 0 Å². The lowest BCUT2D eigenvalue weighted by Crippen LogP contribution is -2.22. The first-order valence-corrected chi connectivity index (χ1v) is 9.18. The third-order valence-corrected chi connectivity index (χ3v) is 4.88. The predicted octanol–water partition coefficient (Wildman–Crippen LogP) is 4.81. The maximum absolute atomic E-state index is 13.7. The number of aromatic nitrogens is 2. The van der Waals surface area contributed by atoms with E-state index in [2.05, 4.69) is 10.3 Å². The van der Waals surface area contributed by atoms with Crippen molar-refractivity contribution in [3.8, 4) is 0 Å². The summed E-state index contributed by atoms with van der Waals surface area (Å²) in [6.07, 6.45) is 5.32. The van der Waals surface area contributed by atoms with Crippen LogP contribution in [0.2, 0.25) is 5.02 Å². The van der Waals surface area contributed by atoms with E-state index in [1.807, 2.05) is 41.1 Å². The van der Waals surface area contributed by atoms with Crippen LogP contribution in [0.4, 0.5) is 4.39 Å². The van der Waals surface area contributed by atoms with Gasteiger partial charge in [-0.3, -0.25) is 9.78 Å². The Balaban J connectivity index is 1.50. The molecule has 0 radical (unpaired) electrons. The molecule has 6 heteroatoms. The highest BCUT2D eigenvalue weighted by molar-refractivity contribution is 6.30. The Bertz CT molecular complexity index is 1140. The van der Waals surface area contributed by atoms with Crippen LogP contribution in [0.3, 0.4) is 0 Å². The Kier molecular flexibility index (Phi) is 5.08. The molecule has 0 bridgehead atoms. The second-order valence-corrected chi connectivity index (χ2v) is 6.91. The summed E-state index contributed by atoms with van der Waals surface area (Å²) in [6.45, 7) is 0.966. The van der Waals surface area contributed by atoms with Crippen LogP contribution < -0.4 is 5.32 Å². The minimum Gasteiger partial charge on any atom is -0.348 e. The lowest BCUT2D eigenvalue weighted by Gasteiger charge is -2.08. The first-order chi connectivity index (χ1) is 13.6. The summed E-state index contributed by atoms with van der Waals surface area (Å²) in [5, 5.41) is 3.97. The largest absolute Gasteiger partial charge is 0.348 e. The molecule has 1 amide bonds. The van der Waals surface area contributed by atoms with Gasteiger partial charge in [-0.25, -0.2) is 4.39 Å². The van der Waals surface area contributed by atoms with Crippen LogP contribution in [0.5, 0.6) is 0 Å². The average Bonchev–Trinajstić information content (AvgIpc) is 3.12. The molecular weight excluding hydrogens is 377 g/mol. The molecule has 2 heterocycles. The SMILES string of the molecule is O=C(NCc1ccncc1)c1ccc2c(ccn2Cc2ccc(Cl)c(F)c2)c1. The fourth-order valence-electron chi connectivity index (χ4n) is 3.10. The third kappa shape index (κ3) is 3.89. The lowest BCUT2D eigenvalue weighted by atomic mass is 10.1. The number of carbonyl (C=O) groups excluding carboxylic acids is 1. The van der Waals surface area contributed by atoms with E-state index in [-0.39, 0.29) is 10.9 Å². The van der Waals surface area contributed by atoms with Crippen LogP contribution in [-0.4, -0.2) is 15.5 Å². The van der Waals surface area contributed by atoms with Gasteiger partial charge in [0.25, 0.3) is 5.91 Å². The Morgan fingerprint density at radius 3 is 2.64 bits per heavy atom. The zero-order valence-corrected chi connectivity index (χ0v) is 15.7. The topological polar surface area (TPSA) is 46.9 Å². The van der Waals surface area contributed by atoms with E-state index in [0.29, 0.717) is 18.7 Å². The molecule has 0 aliphatic carbocycles. The number of carbonyl (C=O) groups is 1. The zero-order chi connectivity index (χ0) is 19.5. The van der Waals surface area contributed by atoms with Crippen molar-refractivity contribution < 1.29 is 9.18 Å². The number of hydrogen-bond donors (Lipinski definition) is 1. The normalized spacial score (nSPS) is 10.9. The first kappa shape index (κ1) is 18.2. The second-order valence-electron chi connectivity index (χ2n) is 6.50. The Morgan fingerprint density at radius 1 is 1.04 bits per heavy atom. The van der Waals surface area contributed by atoms with E-state index >= 15 is 0 Å². The van der Waals surface area contributed by atoms with Crippen LogP contribution in [0.1, 0.15) is 21.5 Å². The quantitative estimate of drug-likeness (QED) is 0.529. The minimum absolute atomic E-state index is 0.114. The molecule has 2 aromatic carbocycles. The number of benzene rings is 2. The van der Waals surface area contributed by atoms with Crippen LogP contribution in [0.25, 0.3) is 10.9 Å². The van der Waals surface area contributed by atoms with Gasteiger partial charge in [-0.1, -0.05) is 17.7 Å². The summed E-state index contributed by atoms with van der Waals surface area (Å²) in [5.41, 5.74) is 3.38. The highest BCUT2D eigenvalue weighted by Gasteiger charge is 2.09. The minimum atomic E-state index is -0.427. The van der Waals surface area contributed by atoms with Crippen LogP contribution in [0.15, 0.2) is 73.2 Å². The number of pyridine rings is 1.